The van der Waals surface area contributed by atoms with Crippen molar-refractivity contribution in [3.05, 3.63) is 94.3 Å². The monoisotopic (exact) mass is 428 g/mol. The first-order chi connectivity index (χ1) is 15.2. The average molecular weight is 429 g/mol. The Bertz CT molecular complexity index is 1200. The van der Waals surface area contributed by atoms with Crippen LogP contribution in [0.1, 0.15) is 52.8 Å². The molecular weight excluding hydrogens is 400 g/mol. The zero-order chi connectivity index (χ0) is 23.0. The highest BCUT2D eigenvalue weighted by molar-refractivity contribution is 5.67. The van der Waals surface area contributed by atoms with Crippen molar-refractivity contribution in [2.45, 2.75) is 47.6 Å². The van der Waals surface area contributed by atoms with E-state index in [0.29, 0.717) is 5.69 Å². The molecule has 0 aliphatic heterocycles. The van der Waals surface area contributed by atoms with E-state index in [0.717, 1.165) is 45.7 Å². The van der Waals surface area contributed by atoms with E-state index in [4.69, 9.17) is 9.72 Å². The van der Waals surface area contributed by atoms with Gasteiger partial charge in [0.1, 0.15) is 11.6 Å². The highest BCUT2D eigenvalue weighted by Crippen LogP contribution is 2.30. The fourth-order valence-electron chi connectivity index (χ4n) is 4.14. The lowest BCUT2D eigenvalue weighted by molar-refractivity contribution is -0.144. The third-order valence-corrected chi connectivity index (χ3v) is 5.59. The SMILES string of the molecule is CC(=O)OC(c1cc(-n2c(C)ccc2C)nc(-n2c(C)ccc2C)c1)c1cccc(C)n1. The number of aryl methyl sites for hydroxylation is 5. The van der Waals surface area contributed by atoms with Gasteiger partial charge in [0.2, 0.25) is 0 Å². The van der Waals surface area contributed by atoms with Crippen LogP contribution in [0.15, 0.2) is 54.6 Å². The Hall–Kier alpha value is -3.67. The highest BCUT2D eigenvalue weighted by Gasteiger charge is 2.23. The van der Waals surface area contributed by atoms with Crippen molar-refractivity contribution in [2.75, 3.05) is 0 Å². The van der Waals surface area contributed by atoms with Crippen LogP contribution < -0.4 is 0 Å². The van der Waals surface area contributed by atoms with Gasteiger partial charge in [-0.3, -0.25) is 9.78 Å². The molecule has 4 rings (SSSR count). The number of hydrogen-bond acceptors (Lipinski definition) is 4. The molecule has 0 radical (unpaired) electrons. The van der Waals surface area contributed by atoms with Crippen LogP contribution in [-0.2, 0) is 9.53 Å². The average Bonchev–Trinajstić information content (AvgIpc) is 3.26. The molecule has 1 unspecified atom stereocenters. The van der Waals surface area contributed by atoms with E-state index in [1.165, 1.54) is 6.92 Å². The molecule has 1 atom stereocenters. The maximum absolute atomic E-state index is 12.1. The van der Waals surface area contributed by atoms with Gasteiger partial charge in [-0.05, 0) is 83.1 Å². The van der Waals surface area contributed by atoms with Gasteiger partial charge in [0.25, 0.3) is 0 Å². The van der Waals surface area contributed by atoms with Crippen molar-refractivity contribution in [3.63, 3.8) is 0 Å². The van der Waals surface area contributed by atoms with Crippen molar-refractivity contribution in [2.24, 2.45) is 0 Å². The summed E-state index contributed by atoms with van der Waals surface area (Å²) in [5.74, 6) is 1.18. The lowest BCUT2D eigenvalue weighted by atomic mass is 10.1. The molecule has 4 heterocycles. The highest BCUT2D eigenvalue weighted by atomic mass is 16.5. The number of ether oxygens (including phenoxy) is 1. The van der Waals surface area contributed by atoms with Gasteiger partial charge >= 0.3 is 5.97 Å². The molecule has 0 saturated carbocycles. The van der Waals surface area contributed by atoms with Gasteiger partial charge in [-0.2, -0.15) is 0 Å². The number of aromatic nitrogens is 4. The Morgan fingerprint density at radius 3 is 1.72 bits per heavy atom. The molecule has 0 aromatic carbocycles. The molecule has 0 saturated heterocycles. The van der Waals surface area contributed by atoms with Crippen LogP contribution in [0.5, 0.6) is 0 Å². The molecule has 6 heteroatoms. The Labute approximate surface area is 188 Å². The quantitative estimate of drug-likeness (QED) is 0.407. The standard InChI is InChI=1S/C26H28N4O2/c1-16-8-7-9-23(27-16)26(32-21(6)31)22-14-24(29-17(2)10-11-18(29)3)28-25(15-22)30-19(4)12-13-20(30)5/h7-15,26H,1-6H3. The Morgan fingerprint density at radius 1 is 0.781 bits per heavy atom. The summed E-state index contributed by atoms with van der Waals surface area (Å²) in [6, 6.07) is 18.0. The number of carbonyl (C=O) groups is 1. The third-order valence-electron chi connectivity index (χ3n) is 5.59. The Morgan fingerprint density at radius 2 is 1.28 bits per heavy atom. The first kappa shape index (κ1) is 21.6. The minimum absolute atomic E-state index is 0.361. The van der Waals surface area contributed by atoms with Crippen LogP contribution in [0.2, 0.25) is 0 Å². The van der Waals surface area contributed by atoms with E-state index in [1.54, 1.807) is 0 Å². The fourth-order valence-corrected chi connectivity index (χ4v) is 4.14. The van der Waals surface area contributed by atoms with Gasteiger partial charge in [-0.1, -0.05) is 6.07 Å². The minimum Gasteiger partial charge on any atom is -0.451 e. The van der Waals surface area contributed by atoms with E-state index in [-0.39, 0.29) is 5.97 Å². The van der Waals surface area contributed by atoms with Crippen LogP contribution in [0.4, 0.5) is 0 Å². The lowest BCUT2D eigenvalue weighted by Gasteiger charge is -2.21. The number of nitrogens with zero attached hydrogens (tertiary/aromatic N) is 4. The lowest BCUT2D eigenvalue weighted by Crippen LogP contribution is -2.15. The van der Waals surface area contributed by atoms with E-state index < -0.39 is 6.10 Å². The number of hydrogen-bond donors (Lipinski definition) is 0. The van der Waals surface area contributed by atoms with Gasteiger partial charge in [-0.15, -0.1) is 0 Å². The summed E-state index contributed by atoms with van der Waals surface area (Å²) < 4.78 is 10.0. The van der Waals surface area contributed by atoms with E-state index >= 15 is 0 Å². The van der Waals surface area contributed by atoms with Crippen molar-refractivity contribution < 1.29 is 9.53 Å². The summed E-state index contributed by atoms with van der Waals surface area (Å²) in [4.78, 5) is 21.7. The van der Waals surface area contributed by atoms with Crippen molar-refractivity contribution in [1.82, 2.24) is 19.1 Å². The molecule has 0 N–H and O–H groups in total. The number of rotatable bonds is 5. The largest absolute Gasteiger partial charge is 0.451 e. The molecule has 4 aromatic rings. The van der Waals surface area contributed by atoms with Crippen LogP contribution >= 0.6 is 0 Å². The summed E-state index contributed by atoms with van der Waals surface area (Å²) in [6.07, 6.45) is -0.639. The van der Waals surface area contributed by atoms with Gasteiger partial charge in [0.15, 0.2) is 6.10 Å². The van der Waals surface area contributed by atoms with Crippen molar-refractivity contribution in [3.8, 4) is 11.6 Å². The number of esters is 1. The third kappa shape index (κ3) is 4.08. The molecule has 6 nitrogen and oxygen atoms in total. The predicted molar refractivity (Wildman–Crippen MR) is 124 cm³/mol. The maximum atomic E-state index is 12.1. The second kappa shape index (κ2) is 8.46. The van der Waals surface area contributed by atoms with Gasteiger partial charge in [0, 0.05) is 41.0 Å². The smallest absolute Gasteiger partial charge is 0.303 e. The number of pyridine rings is 2. The van der Waals surface area contributed by atoms with Crippen LogP contribution in [0.3, 0.4) is 0 Å². The second-order valence-corrected chi connectivity index (χ2v) is 8.21. The molecule has 0 amide bonds. The Balaban J connectivity index is 1.98. The van der Waals surface area contributed by atoms with Crippen molar-refractivity contribution >= 4 is 5.97 Å². The molecular formula is C26H28N4O2. The zero-order valence-electron chi connectivity index (χ0n) is 19.4. The Kier molecular flexibility index (Phi) is 5.70. The molecule has 0 fully saturated rings. The van der Waals surface area contributed by atoms with Gasteiger partial charge in [0.05, 0.1) is 5.69 Å². The van der Waals surface area contributed by atoms with Crippen LogP contribution in [0, 0.1) is 34.6 Å². The molecule has 0 spiro atoms. The van der Waals surface area contributed by atoms with E-state index in [1.807, 2.05) is 37.3 Å². The van der Waals surface area contributed by atoms with E-state index in [2.05, 4.69) is 66.1 Å². The minimum atomic E-state index is -0.639. The normalized spacial score (nSPS) is 12.1. The van der Waals surface area contributed by atoms with Crippen LogP contribution in [-0.4, -0.2) is 25.1 Å². The summed E-state index contributed by atoms with van der Waals surface area (Å²) in [6.45, 7) is 11.6. The molecule has 0 aliphatic carbocycles. The second-order valence-electron chi connectivity index (χ2n) is 8.21. The first-order valence-electron chi connectivity index (χ1n) is 10.7. The molecule has 0 aliphatic rings. The molecule has 164 valence electrons. The molecule has 0 bridgehead atoms. The summed E-state index contributed by atoms with van der Waals surface area (Å²) in [5, 5.41) is 0. The first-order valence-corrected chi connectivity index (χ1v) is 10.7. The zero-order valence-corrected chi connectivity index (χ0v) is 19.4. The number of carbonyl (C=O) groups excluding carboxylic acids is 1. The van der Waals surface area contributed by atoms with Crippen LogP contribution in [0.25, 0.3) is 11.6 Å². The van der Waals surface area contributed by atoms with Gasteiger partial charge in [-0.25, -0.2) is 4.98 Å². The maximum Gasteiger partial charge on any atom is 0.303 e. The van der Waals surface area contributed by atoms with E-state index in [9.17, 15) is 4.79 Å². The summed E-state index contributed by atoms with van der Waals surface area (Å²) in [7, 11) is 0. The predicted octanol–water partition coefficient (Wildman–Crippen LogP) is 5.25. The fraction of sp³-hybridized carbons (Fsp3) is 0.269. The summed E-state index contributed by atoms with van der Waals surface area (Å²) in [5.41, 5.74) is 6.69. The topological polar surface area (TPSA) is 61.9 Å². The summed E-state index contributed by atoms with van der Waals surface area (Å²) >= 11 is 0. The molecule has 4 aromatic heterocycles. The van der Waals surface area contributed by atoms with Gasteiger partial charge < -0.3 is 13.9 Å². The van der Waals surface area contributed by atoms with Crippen molar-refractivity contribution in [1.29, 1.82) is 0 Å². The molecule has 32 heavy (non-hydrogen) atoms.